The fourth-order valence-corrected chi connectivity index (χ4v) is 2.14. The van der Waals surface area contributed by atoms with Gasteiger partial charge in [0, 0.05) is 17.6 Å². The molecule has 0 aliphatic heterocycles. The Kier molecular flexibility index (Phi) is 3.96. The number of hydrogen-bond acceptors (Lipinski definition) is 2. The maximum absolute atomic E-state index is 13.6. The zero-order valence-electron chi connectivity index (χ0n) is 10.7. The second-order valence-corrected chi connectivity index (χ2v) is 4.95. The maximum Gasteiger partial charge on any atom is 0.185 e. The van der Waals surface area contributed by atoms with Gasteiger partial charge in [-0.2, -0.15) is 0 Å². The molecule has 0 spiro atoms. The van der Waals surface area contributed by atoms with Gasteiger partial charge in [-0.05, 0) is 48.7 Å². The number of Topliss-reactive ketones (excluding diaryl/α,β-unsaturated/α-hetero) is 1. The number of halogens is 2. The van der Waals surface area contributed by atoms with Gasteiger partial charge in [0.15, 0.2) is 5.78 Å². The van der Waals surface area contributed by atoms with Crippen molar-refractivity contribution in [1.82, 2.24) is 4.98 Å². The first-order chi connectivity index (χ1) is 8.97. The molecule has 19 heavy (non-hydrogen) atoms. The molecule has 0 bridgehead atoms. The van der Waals surface area contributed by atoms with E-state index in [2.05, 4.69) is 4.98 Å². The molecule has 0 N–H and O–H groups in total. The number of aromatic nitrogens is 1. The van der Waals surface area contributed by atoms with Crippen LogP contribution in [0, 0.1) is 19.7 Å². The number of carbonyl (C=O) groups is 1. The lowest BCUT2D eigenvalue weighted by Crippen LogP contribution is -2.09. The third-order valence-electron chi connectivity index (χ3n) is 2.84. The highest BCUT2D eigenvalue weighted by Crippen LogP contribution is 2.17. The lowest BCUT2D eigenvalue weighted by Gasteiger charge is -2.06. The van der Waals surface area contributed by atoms with Crippen molar-refractivity contribution in [2.24, 2.45) is 0 Å². The highest BCUT2D eigenvalue weighted by Gasteiger charge is 2.14. The monoisotopic (exact) mass is 277 g/mol. The second-order valence-electron chi connectivity index (χ2n) is 4.51. The van der Waals surface area contributed by atoms with E-state index in [-0.39, 0.29) is 12.2 Å². The molecular formula is C15H13ClFNO. The summed E-state index contributed by atoms with van der Waals surface area (Å²) in [6.45, 7) is 3.73. The predicted molar refractivity (Wildman–Crippen MR) is 73.2 cm³/mol. The largest absolute Gasteiger partial charge is 0.292 e. The molecule has 98 valence electrons. The Hall–Kier alpha value is -1.74. The van der Waals surface area contributed by atoms with Crippen molar-refractivity contribution >= 4 is 17.4 Å². The Morgan fingerprint density at radius 1 is 1.32 bits per heavy atom. The third-order valence-corrected chi connectivity index (χ3v) is 3.07. The first-order valence-electron chi connectivity index (χ1n) is 5.88. The highest BCUT2D eigenvalue weighted by molar-refractivity contribution is 6.30. The number of nitrogens with zero attached hydrogens (tertiary/aromatic N) is 1. The minimum atomic E-state index is -0.428. The van der Waals surface area contributed by atoms with E-state index in [0.29, 0.717) is 16.3 Å². The lowest BCUT2D eigenvalue weighted by atomic mass is 10.0. The number of benzene rings is 1. The van der Waals surface area contributed by atoms with Gasteiger partial charge in [0.25, 0.3) is 0 Å². The number of hydrogen-bond donors (Lipinski definition) is 0. The van der Waals surface area contributed by atoms with E-state index in [4.69, 9.17) is 11.6 Å². The summed E-state index contributed by atoms with van der Waals surface area (Å²) in [6, 6.07) is 6.08. The Balaban J connectivity index is 2.28. The number of carbonyl (C=O) groups excluding carboxylic acids is 1. The van der Waals surface area contributed by atoms with E-state index in [9.17, 15) is 9.18 Å². The molecular weight excluding hydrogens is 265 g/mol. The SMILES string of the molecule is Cc1cnc(C(=O)Cc2cc(Cl)ccc2F)c(C)c1. The third kappa shape index (κ3) is 3.18. The Morgan fingerprint density at radius 2 is 2.05 bits per heavy atom. The van der Waals surface area contributed by atoms with Crippen LogP contribution in [0.1, 0.15) is 27.2 Å². The molecule has 2 rings (SSSR count). The lowest BCUT2D eigenvalue weighted by molar-refractivity contribution is 0.0986. The van der Waals surface area contributed by atoms with Crippen molar-refractivity contribution in [2.75, 3.05) is 0 Å². The molecule has 1 aromatic carbocycles. The van der Waals surface area contributed by atoms with E-state index < -0.39 is 5.82 Å². The fraction of sp³-hybridized carbons (Fsp3) is 0.200. The first-order valence-corrected chi connectivity index (χ1v) is 6.25. The van der Waals surface area contributed by atoms with Crippen LogP contribution in [0.25, 0.3) is 0 Å². The van der Waals surface area contributed by atoms with Crippen LogP contribution in [0.2, 0.25) is 5.02 Å². The van der Waals surface area contributed by atoms with Crippen LogP contribution < -0.4 is 0 Å². The molecule has 1 aromatic heterocycles. The van der Waals surface area contributed by atoms with E-state index in [1.165, 1.54) is 18.2 Å². The summed E-state index contributed by atoms with van der Waals surface area (Å²) in [5, 5.41) is 0.415. The Labute approximate surface area is 116 Å². The quantitative estimate of drug-likeness (QED) is 0.796. The van der Waals surface area contributed by atoms with Crippen molar-refractivity contribution in [3.05, 3.63) is 63.7 Å². The zero-order valence-corrected chi connectivity index (χ0v) is 11.5. The Bertz CT molecular complexity index is 640. The van der Waals surface area contributed by atoms with E-state index in [0.717, 1.165) is 11.1 Å². The molecule has 0 saturated heterocycles. The maximum atomic E-state index is 13.6. The molecule has 0 fully saturated rings. The highest BCUT2D eigenvalue weighted by atomic mass is 35.5. The number of rotatable bonds is 3. The summed E-state index contributed by atoms with van der Waals surface area (Å²) in [6.07, 6.45) is 1.60. The van der Waals surface area contributed by atoms with Crippen LogP contribution in [0.5, 0.6) is 0 Å². The van der Waals surface area contributed by atoms with E-state index >= 15 is 0 Å². The smallest absolute Gasteiger partial charge is 0.185 e. The van der Waals surface area contributed by atoms with Gasteiger partial charge in [0.05, 0.1) is 0 Å². The van der Waals surface area contributed by atoms with Crippen LogP contribution >= 0.6 is 11.6 Å². The number of pyridine rings is 1. The van der Waals surface area contributed by atoms with Gasteiger partial charge in [-0.1, -0.05) is 17.7 Å². The molecule has 2 aromatic rings. The normalized spacial score (nSPS) is 10.5. The summed E-state index contributed by atoms with van der Waals surface area (Å²) in [5.74, 6) is -0.638. The van der Waals surface area contributed by atoms with Crippen LogP contribution in [0.3, 0.4) is 0 Å². The molecule has 0 unspecified atom stereocenters. The summed E-state index contributed by atoms with van der Waals surface area (Å²) in [7, 11) is 0. The molecule has 0 aliphatic carbocycles. The van der Waals surface area contributed by atoms with Crippen LogP contribution in [0.4, 0.5) is 4.39 Å². The van der Waals surface area contributed by atoms with Crippen LogP contribution in [-0.4, -0.2) is 10.8 Å². The summed E-state index contributed by atoms with van der Waals surface area (Å²) in [5.41, 5.74) is 2.46. The summed E-state index contributed by atoms with van der Waals surface area (Å²) >= 11 is 5.80. The summed E-state index contributed by atoms with van der Waals surface area (Å²) < 4.78 is 13.6. The molecule has 0 radical (unpaired) electrons. The summed E-state index contributed by atoms with van der Waals surface area (Å²) in [4.78, 5) is 16.3. The molecule has 0 saturated carbocycles. The fourth-order valence-electron chi connectivity index (χ4n) is 1.94. The molecule has 0 amide bonds. The van der Waals surface area contributed by atoms with Crippen molar-refractivity contribution in [3.63, 3.8) is 0 Å². The topological polar surface area (TPSA) is 30.0 Å². The minimum Gasteiger partial charge on any atom is -0.292 e. The van der Waals surface area contributed by atoms with Crippen molar-refractivity contribution in [2.45, 2.75) is 20.3 Å². The second kappa shape index (κ2) is 5.49. The first kappa shape index (κ1) is 13.7. The predicted octanol–water partition coefficient (Wildman–Crippen LogP) is 3.92. The van der Waals surface area contributed by atoms with Gasteiger partial charge in [-0.15, -0.1) is 0 Å². The van der Waals surface area contributed by atoms with Gasteiger partial charge in [-0.3, -0.25) is 9.78 Å². The van der Waals surface area contributed by atoms with E-state index in [1.807, 2.05) is 19.9 Å². The molecule has 0 atom stereocenters. The van der Waals surface area contributed by atoms with Gasteiger partial charge in [-0.25, -0.2) is 4.39 Å². The van der Waals surface area contributed by atoms with Crippen LogP contribution in [-0.2, 0) is 6.42 Å². The number of ketones is 1. The number of aryl methyl sites for hydroxylation is 2. The zero-order chi connectivity index (χ0) is 14.0. The minimum absolute atomic E-state index is 0.0384. The van der Waals surface area contributed by atoms with E-state index in [1.54, 1.807) is 6.20 Å². The molecule has 2 nitrogen and oxygen atoms in total. The van der Waals surface area contributed by atoms with Gasteiger partial charge in [0.2, 0.25) is 0 Å². The van der Waals surface area contributed by atoms with Gasteiger partial charge >= 0.3 is 0 Å². The van der Waals surface area contributed by atoms with Crippen LogP contribution in [0.15, 0.2) is 30.5 Å². The average Bonchev–Trinajstić information content (AvgIpc) is 2.33. The van der Waals surface area contributed by atoms with Gasteiger partial charge < -0.3 is 0 Å². The van der Waals surface area contributed by atoms with Crippen molar-refractivity contribution in [1.29, 1.82) is 0 Å². The average molecular weight is 278 g/mol. The molecule has 4 heteroatoms. The Morgan fingerprint density at radius 3 is 2.74 bits per heavy atom. The van der Waals surface area contributed by atoms with Crippen molar-refractivity contribution < 1.29 is 9.18 Å². The van der Waals surface area contributed by atoms with Gasteiger partial charge in [0.1, 0.15) is 11.5 Å². The standard InChI is InChI=1S/C15H13ClFNO/c1-9-5-10(2)15(18-8-9)14(19)7-11-6-12(16)3-4-13(11)17/h3-6,8H,7H2,1-2H3. The molecule has 1 heterocycles. The van der Waals surface area contributed by atoms with Crippen molar-refractivity contribution in [3.8, 4) is 0 Å². The molecule has 0 aliphatic rings.